The number of nitriles is 1. The zero-order chi connectivity index (χ0) is 14.7. The highest BCUT2D eigenvalue weighted by molar-refractivity contribution is 5.18. The van der Waals surface area contributed by atoms with Gasteiger partial charge in [0.25, 0.3) is 0 Å². The third kappa shape index (κ3) is 3.81. The van der Waals surface area contributed by atoms with E-state index in [1.807, 2.05) is 12.4 Å². The van der Waals surface area contributed by atoms with E-state index >= 15 is 0 Å². The molecule has 2 fully saturated rings. The molecule has 2 saturated carbocycles. The first-order valence-corrected chi connectivity index (χ1v) is 7.98. The minimum absolute atomic E-state index is 0.325. The fourth-order valence-electron chi connectivity index (χ4n) is 2.99. The SMILES string of the molecule is CN(CCc1ccncc1)CC(C#N)(NC1CC1)C1CC1. The molecule has 1 heterocycles. The molecule has 0 amide bonds. The number of aromatic nitrogens is 1. The molecule has 0 spiro atoms. The lowest BCUT2D eigenvalue weighted by molar-refractivity contribution is 0.228. The van der Waals surface area contributed by atoms with Gasteiger partial charge in [-0.2, -0.15) is 5.26 Å². The van der Waals surface area contributed by atoms with Crippen LogP contribution in [0.1, 0.15) is 31.2 Å². The van der Waals surface area contributed by atoms with E-state index in [1.54, 1.807) is 0 Å². The van der Waals surface area contributed by atoms with Gasteiger partial charge in [0.2, 0.25) is 0 Å². The van der Waals surface area contributed by atoms with Crippen molar-refractivity contribution in [1.82, 2.24) is 15.2 Å². The Hall–Kier alpha value is -1.44. The summed E-state index contributed by atoms with van der Waals surface area (Å²) in [5.41, 5.74) is 0.981. The van der Waals surface area contributed by atoms with Gasteiger partial charge in [0, 0.05) is 31.5 Å². The number of nitrogens with one attached hydrogen (secondary N) is 1. The minimum Gasteiger partial charge on any atom is -0.303 e. The van der Waals surface area contributed by atoms with Crippen LogP contribution in [0.15, 0.2) is 24.5 Å². The van der Waals surface area contributed by atoms with E-state index in [4.69, 9.17) is 0 Å². The molecule has 4 nitrogen and oxygen atoms in total. The van der Waals surface area contributed by atoms with Crippen molar-refractivity contribution in [2.24, 2.45) is 5.92 Å². The highest BCUT2D eigenvalue weighted by atomic mass is 15.2. The molecule has 4 heteroatoms. The minimum atomic E-state index is -0.325. The molecule has 2 aliphatic rings. The second kappa shape index (κ2) is 6.13. The summed E-state index contributed by atoms with van der Waals surface area (Å²) in [6.45, 7) is 1.81. The summed E-state index contributed by atoms with van der Waals surface area (Å²) in [5.74, 6) is 0.548. The maximum absolute atomic E-state index is 9.75. The van der Waals surface area contributed by atoms with Gasteiger partial charge in [-0.05, 0) is 62.8 Å². The van der Waals surface area contributed by atoms with E-state index in [-0.39, 0.29) is 5.54 Å². The van der Waals surface area contributed by atoms with Crippen LogP contribution in [0.4, 0.5) is 0 Å². The molecule has 21 heavy (non-hydrogen) atoms. The van der Waals surface area contributed by atoms with Crippen molar-refractivity contribution in [2.75, 3.05) is 20.1 Å². The van der Waals surface area contributed by atoms with Gasteiger partial charge in [0.05, 0.1) is 6.07 Å². The average Bonchev–Trinajstić information content (AvgIpc) is 3.38. The standard InChI is InChI=1S/C17H24N4/c1-21(11-8-14-6-9-19-10-7-14)13-17(12-18,15-2-3-15)20-16-4-5-16/h6-7,9-10,15-16,20H,2-5,8,11,13H2,1H3. The Kier molecular flexibility index (Phi) is 4.23. The Bertz CT molecular complexity index is 501. The number of likely N-dealkylation sites (N-methyl/N-ethyl adjacent to an activating group) is 1. The normalized spacial score (nSPS) is 21.0. The highest BCUT2D eigenvalue weighted by Gasteiger charge is 2.48. The third-order valence-electron chi connectivity index (χ3n) is 4.56. The van der Waals surface area contributed by atoms with Gasteiger partial charge in [0.1, 0.15) is 5.54 Å². The van der Waals surface area contributed by atoms with E-state index in [0.717, 1.165) is 19.5 Å². The zero-order valence-electron chi connectivity index (χ0n) is 12.8. The number of pyridine rings is 1. The van der Waals surface area contributed by atoms with Crippen molar-refractivity contribution in [1.29, 1.82) is 5.26 Å². The van der Waals surface area contributed by atoms with Gasteiger partial charge >= 0.3 is 0 Å². The van der Waals surface area contributed by atoms with Crippen LogP contribution in [0.3, 0.4) is 0 Å². The van der Waals surface area contributed by atoms with Crippen molar-refractivity contribution in [3.8, 4) is 6.07 Å². The summed E-state index contributed by atoms with van der Waals surface area (Å²) in [5, 5.41) is 13.4. The van der Waals surface area contributed by atoms with Crippen LogP contribution in [0, 0.1) is 17.2 Å². The summed E-state index contributed by atoms with van der Waals surface area (Å²) in [7, 11) is 2.13. The zero-order valence-corrected chi connectivity index (χ0v) is 12.8. The predicted molar refractivity (Wildman–Crippen MR) is 82.7 cm³/mol. The summed E-state index contributed by atoms with van der Waals surface area (Å²) in [6, 6.07) is 7.33. The van der Waals surface area contributed by atoms with Gasteiger partial charge in [-0.25, -0.2) is 0 Å². The van der Waals surface area contributed by atoms with Crippen molar-refractivity contribution >= 4 is 0 Å². The number of hydrogen-bond donors (Lipinski definition) is 1. The summed E-state index contributed by atoms with van der Waals surface area (Å²) >= 11 is 0. The second-order valence-corrected chi connectivity index (χ2v) is 6.62. The first-order chi connectivity index (χ1) is 10.2. The Morgan fingerprint density at radius 3 is 2.62 bits per heavy atom. The monoisotopic (exact) mass is 284 g/mol. The smallest absolute Gasteiger partial charge is 0.122 e. The molecular weight excluding hydrogens is 260 g/mol. The average molecular weight is 284 g/mol. The van der Waals surface area contributed by atoms with Crippen LogP contribution in [0.5, 0.6) is 0 Å². The van der Waals surface area contributed by atoms with Crippen molar-refractivity contribution in [3.05, 3.63) is 30.1 Å². The van der Waals surface area contributed by atoms with Crippen LogP contribution in [-0.2, 0) is 6.42 Å². The van der Waals surface area contributed by atoms with Crippen molar-refractivity contribution < 1.29 is 0 Å². The molecule has 0 aliphatic heterocycles. The number of rotatable bonds is 8. The van der Waals surface area contributed by atoms with Gasteiger partial charge in [0.15, 0.2) is 0 Å². The molecule has 1 aromatic heterocycles. The van der Waals surface area contributed by atoms with E-state index < -0.39 is 0 Å². The van der Waals surface area contributed by atoms with E-state index in [9.17, 15) is 5.26 Å². The molecule has 3 rings (SSSR count). The Labute approximate surface area is 127 Å². The van der Waals surface area contributed by atoms with Crippen LogP contribution in [0.2, 0.25) is 0 Å². The lowest BCUT2D eigenvalue weighted by Gasteiger charge is -2.32. The summed E-state index contributed by atoms with van der Waals surface area (Å²) in [6.07, 6.45) is 9.56. The lowest BCUT2D eigenvalue weighted by atomic mass is 9.93. The third-order valence-corrected chi connectivity index (χ3v) is 4.56. The molecule has 1 aromatic rings. The van der Waals surface area contributed by atoms with Gasteiger partial charge in [-0.3, -0.25) is 10.3 Å². The summed E-state index contributed by atoms with van der Waals surface area (Å²) < 4.78 is 0. The lowest BCUT2D eigenvalue weighted by Crippen LogP contribution is -2.54. The highest BCUT2D eigenvalue weighted by Crippen LogP contribution is 2.41. The maximum Gasteiger partial charge on any atom is 0.122 e. The first kappa shape index (κ1) is 14.5. The first-order valence-electron chi connectivity index (χ1n) is 7.98. The molecule has 1 atom stereocenters. The van der Waals surface area contributed by atoms with E-state index in [2.05, 4.69) is 40.5 Å². The molecule has 112 valence electrons. The van der Waals surface area contributed by atoms with Gasteiger partial charge in [-0.1, -0.05) is 0 Å². The second-order valence-electron chi connectivity index (χ2n) is 6.62. The quantitative estimate of drug-likeness (QED) is 0.793. The van der Waals surface area contributed by atoms with E-state index in [0.29, 0.717) is 12.0 Å². The topological polar surface area (TPSA) is 52.0 Å². The van der Waals surface area contributed by atoms with Crippen LogP contribution in [0.25, 0.3) is 0 Å². The molecular formula is C17H24N4. The van der Waals surface area contributed by atoms with Crippen LogP contribution >= 0.6 is 0 Å². The number of hydrogen-bond acceptors (Lipinski definition) is 4. The van der Waals surface area contributed by atoms with Crippen molar-refractivity contribution in [3.63, 3.8) is 0 Å². The largest absolute Gasteiger partial charge is 0.303 e. The maximum atomic E-state index is 9.75. The van der Waals surface area contributed by atoms with Gasteiger partial charge < -0.3 is 4.90 Å². The Morgan fingerprint density at radius 1 is 1.33 bits per heavy atom. The number of nitrogens with zero attached hydrogens (tertiary/aromatic N) is 3. The van der Waals surface area contributed by atoms with Crippen LogP contribution < -0.4 is 5.32 Å². The Balaban J connectivity index is 1.56. The molecule has 1 unspecified atom stereocenters. The predicted octanol–water partition coefficient (Wildman–Crippen LogP) is 1.98. The Morgan fingerprint density at radius 2 is 2.05 bits per heavy atom. The molecule has 0 bridgehead atoms. The van der Waals surface area contributed by atoms with E-state index in [1.165, 1.54) is 31.2 Å². The molecule has 0 saturated heterocycles. The summed E-state index contributed by atoms with van der Waals surface area (Å²) in [4.78, 5) is 6.35. The van der Waals surface area contributed by atoms with Crippen molar-refractivity contribution in [2.45, 2.75) is 43.7 Å². The molecule has 0 radical (unpaired) electrons. The molecule has 2 aliphatic carbocycles. The fourth-order valence-corrected chi connectivity index (χ4v) is 2.99. The fraction of sp³-hybridized carbons (Fsp3) is 0.647. The van der Waals surface area contributed by atoms with Gasteiger partial charge in [-0.15, -0.1) is 0 Å². The molecule has 0 aromatic carbocycles. The molecule has 1 N–H and O–H groups in total. The van der Waals surface area contributed by atoms with Crippen LogP contribution in [-0.4, -0.2) is 41.6 Å².